The fourth-order valence-corrected chi connectivity index (χ4v) is 5.66. The molecule has 4 aromatic rings. The molecule has 162 valence electrons. The molecule has 0 unspecified atom stereocenters. The fraction of sp³-hybridized carbons (Fsp3) is 0.269. The average Bonchev–Trinajstić information content (AvgIpc) is 3.18. The molecule has 0 radical (unpaired) electrons. The van der Waals surface area contributed by atoms with Crippen molar-refractivity contribution in [3.63, 3.8) is 0 Å². The molecule has 0 spiro atoms. The Morgan fingerprint density at radius 3 is 2.38 bits per heavy atom. The highest BCUT2D eigenvalue weighted by atomic mass is 32.1. The van der Waals surface area contributed by atoms with Gasteiger partial charge >= 0.3 is 5.97 Å². The third-order valence-corrected chi connectivity index (χ3v) is 7.14. The molecule has 0 saturated carbocycles. The minimum Gasteiger partial charge on any atom is -0.480 e. The Morgan fingerprint density at radius 2 is 1.66 bits per heavy atom. The van der Waals surface area contributed by atoms with Gasteiger partial charge in [-0.1, -0.05) is 60.7 Å². The lowest BCUT2D eigenvalue weighted by Gasteiger charge is -2.18. The van der Waals surface area contributed by atoms with Gasteiger partial charge in [-0.25, -0.2) is 14.8 Å². The Hall–Kier alpha value is -3.25. The monoisotopic (exact) mass is 443 g/mol. The standard InChI is InChI=1S/C26H25N3O2S/c30-26(31)20(15-17-9-3-1-4-10-17)27-24-23-19-13-7-8-14-21(19)32-25(23)29-22(28-24)16-18-11-5-2-6-12-18/h1-6,9-12,20H,7-8,13-16H2,(H,30,31)(H,27,28,29)/t20-/m1/s1. The van der Waals surface area contributed by atoms with E-state index in [1.807, 2.05) is 48.5 Å². The van der Waals surface area contributed by atoms with Crippen LogP contribution in [0.1, 0.15) is 40.2 Å². The topological polar surface area (TPSA) is 75.1 Å². The molecular weight excluding hydrogens is 418 g/mol. The zero-order valence-electron chi connectivity index (χ0n) is 17.8. The first kappa shape index (κ1) is 20.6. The molecule has 32 heavy (non-hydrogen) atoms. The van der Waals surface area contributed by atoms with E-state index in [9.17, 15) is 9.90 Å². The van der Waals surface area contributed by atoms with E-state index in [4.69, 9.17) is 9.97 Å². The second-order valence-electron chi connectivity index (χ2n) is 8.27. The number of carboxylic acid groups (broad SMARTS) is 1. The van der Waals surface area contributed by atoms with E-state index in [0.29, 0.717) is 24.5 Å². The maximum Gasteiger partial charge on any atom is 0.326 e. The summed E-state index contributed by atoms with van der Waals surface area (Å²) in [5.41, 5.74) is 3.42. The molecule has 0 saturated heterocycles. The molecule has 5 nitrogen and oxygen atoms in total. The Balaban J connectivity index is 1.55. The summed E-state index contributed by atoms with van der Waals surface area (Å²) in [5, 5.41) is 14.3. The molecule has 2 aromatic carbocycles. The van der Waals surface area contributed by atoms with E-state index >= 15 is 0 Å². The lowest BCUT2D eigenvalue weighted by molar-refractivity contribution is -0.137. The van der Waals surface area contributed by atoms with Gasteiger partial charge in [0, 0.05) is 17.7 Å². The zero-order valence-corrected chi connectivity index (χ0v) is 18.6. The number of hydrogen-bond donors (Lipinski definition) is 2. The third-order valence-electron chi connectivity index (χ3n) is 5.96. The summed E-state index contributed by atoms with van der Waals surface area (Å²) in [6, 6.07) is 19.1. The van der Waals surface area contributed by atoms with E-state index < -0.39 is 12.0 Å². The quantitative estimate of drug-likeness (QED) is 0.407. The summed E-state index contributed by atoms with van der Waals surface area (Å²) in [5.74, 6) is 0.492. The summed E-state index contributed by atoms with van der Waals surface area (Å²) in [4.78, 5) is 24.2. The van der Waals surface area contributed by atoms with Crippen LogP contribution < -0.4 is 5.32 Å². The molecule has 2 aromatic heterocycles. The number of nitrogens with zero attached hydrogens (tertiary/aromatic N) is 2. The highest BCUT2D eigenvalue weighted by Gasteiger charge is 2.25. The first-order valence-electron chi connectivity index (χ1n) is 11.1. The number of anilines is 1. The number of aromatic nitrogens is 2. The molecule has 6 heteroatoms. The van der Waals surface area contributed by atoms with E-state index in [-0.39, 0.29) is 0 Å². The van der Waals surface area contributed by atoms with Crippen molar-refractivity contribution in [1.29, 1.82) is 0 Å². The molecule has 0 bridgehead atoms. The van der Waals surface area contributed by atoms with Crippen LogP contribution in [0.4, 0.5) is 5.82 Å². The number of hydrogen-bond acceptors (Lipinski definition) is 5. The number of fused-ring (bicyclic) bond motifs is 3. The Morgan fingerprint density at radius 1 is 0.969 bits per heavy atom. The molecule has 0 fully saturated rings. The molecule has 2 heterocycles. The number of benzene rings is 2. The van der Waals surface area contributed by atoms with Crippen molar-refractivity contribution in [3.8, 4) is 0 Å². The predicted molar refractivity (Wildman–Crippen MR) is 128 cm³/mol. The van der Waals surface area contributed by atoms with Gasteiger partial charge in [-0.2, -0.15) is 0 Å². The highest BCUT2D eigenvalue weighted by molar-refractivity contribution is 7.19. The molecule has 1 aliphatic rings. The second-order valence-corrected chi connectivity index (χ2v) is 9.35. The number of rotatable bonds is 7. The SMILES string of the molecule is O=C(O)[C@@H](Cc1ccccc1)Nc1nc(Cc2ccccc2)nc2sc3c(c12)CCCC3. The van der Waals surface area contributed by atoms with Crippen molar-refractivity contribution in [2.75, 3.05) is 5.32 Å². The lowest BCUT2D eigenvalue weighted by Crippen LogP contribution is -2.32. The summed E-state index contributed by atoms with van der Waals surface area (Å²) in [6.45, 7) is 0. The molecule has 1 atom stereocenters. The summed E-state index contributed by atoms with van der Waals surface area (Å²) in [6.07, 6.45) is 5.42. The maximum absolute atomic E-state index is 12.1. The van der Waals surface area contributed by atoms with Gasteiger partial charge in [-0.15, -0.1) is 11.3 Å². The normalized spacial score (nSPS) is 14.1. The minimum absolute atomic E-state index is 0.391. The zero-order chi connectivity index (χ0) is 21.9. The number of aryl methyl sites for hydroxylation is 2. The molecule has 5 rings (SSSR count). The first-order valence-corrected chi connectivity index (χ1v) is 11.9. The van der Waals surface area contributed by atoms with Crippen LogP contribution in [0.25, 0.3) is 10.2 Å². The van der Waals surface area contributed by atoms with E-state index in [2.05, 4.69) is 17.4 Å². The predicted octanol–water partition coefficient (Wildman–Crippen LogP) is 5.27. The Kier molecular flexibility index (Phi) is 5.86. The van der Waals surface area contributed by atoms with Crippen molar-refractivity contribution >= 4 is 33.3 Å². The highest BCUT2D eigenvalue weighted by Crippen LogP contribution is 2.39. The lowest BCUT2D eigenvalue weighted by atomic mass is 9.96. The number of carbonyl (C=O) groups is 1. The van der Waals surface area contributed by atoms with Gasteiger partial charge in [-0.05, 0) is 42.4 Å². The van der Waals surface area contributed by atoms with E-state index in [1.54, 1.807) is 11.3 Å². The van der Waals surface area contributed by atoms with Gasteiger partial charge in [0.15, 0.2) is 0 Å². The minimum atomic E-state index is -0.880. The molecule has 0 aliphatic heterocycles. The van der Waals surface area contributed by atoms with Crippen molar-refractivity contribution in [1.82, 2.24) is 9.97 Å². The maximum atomic E-state index is 12.1. The summed E-state index contributed by atoms with van der Waals surface area (Å²) < 4.78 is 0. The average molecular weight is 444 g/mol. The van der Waals surface area contributed by atoms with Gasteiger partial charge in [0.1, 0.15) is 22.5 Å². The van der Waals surface area contributed by atoms with Crippen LogP contribution in [-0.2, 0) is 30.5 Å². The van der Waals surface area contributed by atoms with E-state index in [0.717, 1.165) is 40.6 Å². The molecular formula is C26H25N3O2S. The van der Waals surface area contributed by atoms with Crippen molar-refractivity contribution in [2.45, 2.75) is 44.6 Å². The Labute approximate surface area is 191 Å². The number of thiophene rings is 1. The first-order chi connectivity index (χ1) is 15.7. The van der Waals surface area contributed by atoms with Gasteiger partial charge in [0.2, 0.25) is 0 Å². The van der Waals surface area contributed by atoms with Crippen LogP contribution >= 0.6 is 11.3 Å². The fourth-order valence-electron chi connectivity index (χ4n) is 4.38. The largest absolute Gasteiger partial charge is 0.480 e. The number of aliphatic carboxylic acids is 1. The number of nitrogens with one attached hydrogen (secondary N) is 1. The van der Waals surface area contributed by atoms with Crippen molar-refractivity contribution in [2.24, 2.45) is 0 Å². The van der Waals surface area contributed by atoms with Crippen LogP contribution in [0.3, 0.4) is 0 Å². The van der Waals surface area contributed by atoms with Gasteiger partial charge in [0.25, 0.3) is 0 Å². The van der Waals surface area contributed by atoms with Crippen LogP contribution in [0.2, 0.25) is 0 Å². The van der Waals surface area contributed by atoms with Crippen LogP contribution in [0.15, 0.2) is 60.7 Å². The van der Waals surface area contributed by atoms with E-state index in [1.165, 1.54) is 16.9 Å². The van der Waals surface area contributed by atoms with Gasteiger partial charge < -0.3 is 10.4 Å². The number of carboxylic acids is 1. The van der Waals surface area contributed by atoms with Gasteiger partial charge in [0.05, 0.1) is 5.39 Å². The van der Waals surface area contributed by atoms with Crippen LogP contribution in [-0.4, -0.2) is 27.1 Å². The summed E-state index contributed by atoms with van der Waals surface area (Å²) >= 11 is 1.74. The van der Waals surface area contributed by atoms with Gasteiger partial charge in [-0.3, -0.25) is 0 Å². The van der Waals surface area contributed by atoms with Crippen molar-refractivity contribution in [3.05, 3.63) is 88.1 Å². The van der Waals surface area contributed by atoms with Crippen LogP contribution in [0, 0.1) is 0 Å². The third kappa shape index (κ3) is 4.36. The Bertz CT molecular complexity index is 1240. The second kappa shape index (κ2) is 9.09. The summed E-state index contributed by atoms with van der Waals surface area (Å²) in [7, 11) is 0. The molecule has 2 N–H and O–H groups in total. The van der Waals surface area contributed by atoms with Crippen LogP contribution in [0.5, 0.6) is 0 Å². The van der Waals surface area contributed by atoms with Crippen molar-refractivity contribution < 1.29 is 9.90 Å². The molecule has 0 amide bonds. The molecule has 1 aliphatic carbocycles. The smallest absolute Gasteiger partial charge is 0.326 e.